The van der Waals surface area contributed by atoms with Gasteiger partial charge in [0.05, 0.1) is 0 Å². The van der Waals surface area contributed by atoms with Crippen LogP contribution in [-0.4, -0.2) is 24.5 Å². The zero-order valence-electron chi connectivity index (χ0n) is 11.9. The van der Waals surface area contributed by atoms with Crippen molar-refractivity contribution in [2.45, 2.75) is 45.7 Å². The van der Waals surface area contributed by atoms with Crippen LogP contribution in [0, 0.1) is 0 Å². The number of nitrogens with zero attached hydrogens (tertiary/aromatic N) is 1. The lowest BCUT2D eigenvalue weighted by Gasteiger charge is -2.36. The molecule has 0 saturated carbocycles. The van der Waals surface area contributed by atoms with Crippen LogP contribution in [0.4, 0.5) is 11.4 Å². The van der Waals surface area contributed by atoms with Gasteiger partial charge >= 0.3 is 0 Å². The lowest BCUT2D eigenvalue weighted by molar-refractivity contribution is -0.122. The van der Waals surface area contributed by atoms with Gasteiger partial charge in [-0.3, -0.25) is 4.79 Å². The molecule has 0 bridgehead atoms. The first kappa shape index (κ1) is 13.7. The van der Waals surface area contributed by atoms with Crippen LogP contribution in [0.5, 0.6) is 0 Å². The first-order valence-electron chi connectivity index (χ1n) is 6.95. The lowest BCUT2D eigenvalue weighted by Crippen LogP contribution is -2.48. The summed E-state index contributed by atoms with van der Waals surface area (Å²) in [5, 5.41) is 2.97. The van der Waals surface area contributed by atoms with E-state index in [0.29, 0.717) is 0 Å². The third kappa shape index (κ3) is 2.83. The molecule has 1 amide bonds. The number of hydrogen-bond acceptors (Lipinski definition) is 3. The number of fused-ring (bicyclic) bond motifs is 1. The molecule has 3 N–H and O–H groups in total. The molecule has 104 valence electrons. The second-order valence-electron chi connectivity index (χ2n) is 5.48. The molecule has 0 saturated heterocycles. The molecular weight excluding hydrogens is 238 g/mol. The third-order valence-corrected chi connectivity index (χ3v) is 3.60. The maximum Gasteiger partial charge on any atom is 0.242 e. The van der Waals surface area contributed by atoms with Crippen LogP contribution in [0.1, 0.15) is 32.8 Å². The monoisotopic (exact) mass is 261 g/mol. The van der Waals surface area contributed by atoms with Crippen LogP contribution in [0.15, 0.2) is 18.2 Å². The third-order valence-electron chi connectivity index (χ3n) is 3.60. The van der Waals surface area contributed by atoms with E-state index in [1.54, 1.807) is 0 Å². The SMILES string of the molecule is CC(C)NC(=O)C(C)N1CCCc2c(N)cccc21. The normalized spacial score (nSPS) is 16.1. The predicted molar refractivity (Wildman–Crippen MR) is 79.3 cm³/mol. The van der Waals surface area contributed by atoms with E-state index < -0.39 is 0 Å². The van der Waals surface area contributed by atoms with Crippen molar-refractivity contribution in [2.24, 2.45) is 0 Å². The van der Waals surface area contributed by atoms with Gasteiger partial charge in [-0.25, -0.2) is 0 Å². The Labute approximate surface area is 115 Å². The molecule has 1 atom stereocenters. The van der Waals surface area contributed by atoms with Crippen molar-refractivity contribution in [3.8, 4) is 0 Å². The average Bonchev–Trinajstić information content (AvgIpc) is 2.37. The Hall–Kier alpha value is -1.71. The average molecular weight is 261 g/mol. The Bertz CT molecular complexity index is 470. The van der Waals surface area contributed by atoms with Gasteiger partial charge in [0.15, 0.2) is 0 Å². The van der Waals surface area contributed by atoms with Crippen molar-refractivity contribution < 1.29 is 4.79 Å². The van der Waals surface area contributed by atoms with Crippen molar-refractivity contribution >= 4 is 17.3 Å². The Kier molecular flexibility index (Phi) is 3.98. The standard InChI is InChI=1S/C15H23N3O/c1-10(2)17-15(19)11(3)18-9-5-6-12-13(16)7-4-8-14(12)18/h4,7-8,10-11H,5-6,9,16H2,1-3H3,(H,17,19). The van der Waals surface area contributed by atoms with E-state index in [2.05, 4.69) is 16.3 Å². The van der Waals surface area contributed by atoms with Crippen molar-refractivity contribution in [2.75, 3.05) is 17.2 Å². The van der Waals surface area contributed by atoms with E-state index in [0.717, 1.165) is 30.8 Å². The molecule has 4 heteroatoms. The summed E-state index contributed by atoms with van der Waals surface area (Å²) < 4.78 is 0. The molecular formula is C15H23N3O. The number of hydrogen-bond donors (Lipinski definition) is 2. The molecule has 4 nitrogen and oxygen atoms in total. The molecule has 1 unspecified atom stereocenters. The zero-order valence-corrected chi connectivity index (χ0v) is 11.9. The minimum Gasteiger partial charge on any atom is -0.398 e. The Morgan fingerprint density at radius 1 is 1.37 bits per heavy atom. The van der Waals surface area contributed by atoms with Crippen molar-refractivity contribution in [3.63, 3.8) is 0 Å². The molecule has 0 spiro atoms. The fraction of sp³-hybridized carbons (Fsp3) is 0.533. The number of anilines is 2. The molecule has 19 heavy (non-hydrogen) atoms. The van der Waals surface area contributed by atoms with E-state index in [4.69, 9.17) is 5.73 Å². The Morgan fingerprint density at radius 3 is 2.79 bits per heavy atom. The number of nitrogens with two attached hydrogens (primary N) is 1. The van der Waals surface area contributed by atoms with E-state index >= 15 is 0 Å². The van der Waals surface area contributed by atoms with Gasteiger partial charge < -0.3 is 16.0 Å². The maximum atomic E-state index is 12.2. The second-order valence-corrected chi connectivity index (χ2v) is 5.48. The molecule has 0 aromatic heterocycles. The quantitative estimate of drug-likeness (QED) is 0.817. The van der Waals surface area contributed by atoms with Crippen LogP contribution < -0.4 is 16.0 Å². The largest absolute Gasteiger partial charge is 0.398 e. The summed E-state index contributed by atoms with van der Waals surface area (Å²) in [5.74, 6) is 0.0743. The highest BCUT2D eigenvalue weighted by molar-refractivity contribution is 5.86. The van der Waals surface area contributed by atoms with Gasteiger partial charge in [0.25, 0.3) is 0 Å². The molecule has 0 fully saturated rings. The topological polar surface area (TPSA) is 58.4 Å². The summed E-state index contributed by atoms with van der Waals surface area (Å²) in [4.78, 5) is 14.3. The first-order chi connectivity index (χ1) is 9.00. The number of carbonyl (C=O) groups is 1. The maximum absolute atomic E-state index is 12.2. The first-order valence-corrected chi connectivity index (χ1v) is 6.95. The molecule has 0 aliphatic carbocycles. The summed E-state index contributed by atoms with van der Waals surface area (Å²) in [5.41, 5.74) is 9.15. The summed E-state index contributed by atoms with van der Waals surface area (Å²) in [6.07, 6.45) is 2.04. The highest BCUT2D eigenvalue weighted by atomic mass is 16.2. The van der Waals surface area contributed by atoms with Crippen molar-refractivity contribution in [3.05, 3.63) is 23.8 Å². The summed E-state index contributed by atoms with van der Waals surface area (Å²) in [6.45, 7) is 6.82. The van der Waals surface area contributed by atoms with E-state index in [1.807, 2.05) is 32.9 Å². The van der Waals surface area contributed by atoms with Crippen LogP contribution in [0.25, 0.3) is 0 Å². The minimum absolute atomic E-state index is 0.0743. The molecule has 1 aromatic rings. The zero-order chi connectivity index (χ0) is 14.0. The fourth-order valence-corrected chi connectivity index (χ4v) is 2.63. The molecule has 1 aromatic carbocycles. The molecule has 1 aliphatic heterocycles. The summed E-state index contributed by atoms with van der Waals surface area (Å²) in [6, 6.07) is 5.95. The highest BCUT2D eigenvalue weighted by Crippen LogP contribution is 2.32. The van der Waals surface area contributed by atoms with Crippen LogP contribution in [-0.2, 0) is 11.2 Å². The van der Waals surface area contributed by atoms with E-state index in [1.165, 1.54) is 5.56 Å². The number of nitrogen functional groups attached to an aromatic ring is 1. The van der Waals surface area contributed by atoms with Gasteiger partial charge in [-0.2, -0.15) is 0 Å². The fourth-order valence-electron chi connectivity index (χ4n) is 2.63. The number of benzene rings is 1. The summed E-state index contributed by atoms with van der Waals surface area (Å²) in [7, 11) is 0. The Balaban J connectivity index is 2.24. The smallest absolute Gasteiger partial charge is 0.242 e. The van der Waals surface area contributed by atoms with Crippen molar-refractivity contribution in [1.82, 2.24) is 5.32 Å². The highest BCUT2D eigenvalue weighted by Gasteiger charge is 2.26. The molecule has 1 aliphatic rings. The van der Waals surface area contributed by atoms with Gasteiger partial charge in [0.1, 0.15) is 6.04 Å². The number of carbonyl (C=O) groups excluding carboxylic acids is 1. The van der Waals surface area contributed by atoms with Gasteiger partial charge in [-0.15, -0.1) is 0 Å². The number of rotatable bonds is 3. The second kappa shape index (κ2) is 5.51. The molecule has 2 rings (SSSR count). The van der Waals surface area contributed by atoms with E-state index in [9.17, 15) is 4.79 Å². The van der Waals surface area contributed by atoms with Crippen molar-refractivity contribution in [1.29, 1.82) is 0 Å². The van der Waals surface area contributed by atoms with Crippen LogP contribution in [0.3, 0.4) is 0 Å². The molecule has 0 radical (unpaired) electrons. The van der Waals surface area contributed by atoms with Crippen LogP contribution >= 0.6 is 0 Å². The predicted octanol–water partition coefficient (Wildman–Crippen LogP) is 1.93. The Morgan fingerprint density at radius 2 is 2.11 bits per heavy atom. The van der Waals surface area contributed by atoms with Gasteiger partial charge in [-0.1, -0.05) is 6.07 Å². The van der Waals surface area contributed by atoms with Gasteiger partial charge in [0.2, 0.25) is 5.91 Å². The number of amides is 1. The molecule has 1 heterocycles. The summed E-state index contributed by atoms with van der Waals surface area (Å²) >= 11 is 0. The number of nitrogens with one attached hydrogen (secondary N) is 1. The van der Waals surface area contributed by atoms with Gasteiger partial charge in [-0.05, 0) is 51.3 Å². The van der Waals surface area contributed by atoms with Crippen LogP contribution in [0.2, 0.25) is 0 Å². The van der Waals surface area contributed by atoms with E-state index in [-0.39, 0.29) is 18.0 Å². The minimum atomic E-state index is -0.164. The van der Waals surface area contributed by atoms with Gasteiger partial charge in [0, 0.05) is 24.0 Å². The lowest BCUT2D eigenvalue weighted by atomic mass is 9.98.